The van der Waals surface area contributed by atoms with Crippen molar-refractivity contribution in [3.8, 4) is 0 Å². The molecule has 5 nitrogen and oxygen atoms in total. The quantitative estimate of drug-likeness (QED) is 0.475. The highest BCUT2D eigenvalue weighted by molar-refractivity contribution is 5.92. The van der Waals surface area contributed by atoms with E-state index in [0.29, 0.717) is 12.0 Å². The second-order valence-electron chi connectivity index (χ2n) is 5.58. The molecule has 1 rings (SSSR count). The lowest BCUT2D eigenvalue weighted by Crippen LogP contribution is -2.19. The van der Waals surface area contributed by atoms with Gasteiger partial charge in [-0.3, -0.25) is 0 Å². The van der Waals surface area contributed by atoms with Gasteiger partial charge in [-0.25, -0.2) is 9.59 Å². The van der Waals surface area contributed by atoms with Crippen LogP contribution in [0.25, 0.3) is 0 Å². The molecule has 0 radical (unpaired) electrons. The molecule has 0 saturated heterocycles. The van der Waals surface area contributed by atoms with E-state index in [4.69, 9.17) is 4.74 Å². The van der Waals surface area contributed by atoms with Crippen LogP contribution in [-0.4, -0.2) is 36.9 Å². The van der Waals surface area contributed by atoms with Gasteiger partial charge in [-0.1, -0.05) is 24.3 Å². The van der Waals surface area contributed by atoms with E-state index in [-0.39, 0.29) is 24.6 Å². The highest BCUT2D eigenvalue weighted by atomic mass is 16.5. The number of rotatable bonds is 7. The molecule has 126 valence electrons. The first-order valence-electron chi connectivity index (χ1n) is 7.48. The van der Waals surface area contributed by atoms with Gasteiger partial charge in [0.25, 0.3) is 0 Å². The molecule has 0 fully saturated rings. The fraction of sp³-hybridized carbons (Fsp3) is 0.444. The van der Waals surface area contributed by atoms with E-state index < -0.39 is 12.1 Å². The Balaban J connectivity index is 2.49. The minimum absolute atomic E-state index is 0.00375. The summed E-state index contributed by atoms with van der Waals surface area (Å²) in [7, 11) is 1.23. The summed E-state index contributed by atoms with van der Waals surface area (Å²) in [5, 5.41) is 9.78. The summed E-state index contributed by atoms with van der Waals surface area (Å²) in [4.78, 5) is 23.4. The SMILES string of the molecule is C=C(C(=O)OC)C(O)CCCOC(=O)c1c(C)cc(C)cc1C. The first kappa shape index (κ1) is 18.9. The summed E-state index contributed by atoms with van der Waals surface area (Å²) in [6.07, 6.45) is -0.302. The molecule has 0 saturated carbocycles. The van der Waals surface area contributed by atoms with Crippen LogP contribution in [0, 0.1) is 20.8 Å². The summed E-state index contributed by atoms with van der Waals surface area (Å²) in [5.41, 5.74) is 3.44. The maximum atomic E-state index is 12.2. The van der Waals surface area contributed by atoms with Gasteiger partial charge in [-0.15, -0.1) is 0 Å². The molecule has 23 heavy (non-hydrogen) atoms. The first-order valence-corrected chi connectivity index (χ1v) is 7.48. The topological polar surface area (TPSA) is 72.8 Å². The molecule has 0 aliphatic heterocycles. The van der Waals surface area contributed by atoms with E-state index in [1.165, 1.54) is 7.11 Å². The zero-order valence-electron chi connectivity index (χ0n) is 14.1. The van der Waals surface area contributed by atoms with Crippen LogP contribution in [0.3, 0.4) is 0 Å². The van der Waals surface area contributed by atoms with Crippen LogP contribution in [0.4, 0.5) is 0 Å². The molecular formula is C18H24O5. The fourth-order valence-electron chi connectivity index (χ4n) is 2.46. The van der Waals surface area contributed by atoms with Gasteiger partial charge in [-0.2, -0.15) is 0 Å². The van der Waals surface area contributed by atoms with Gasteiger partial charge in [0.05, 0.1) is 31.0 Å². The molecule has 0 aliphatic rings. The normalized spacial score (nSPS) is 11.7. The van der Waals surface area contributed by atoms with E-state index in [1.54, 1.807) is 0 Å². The van der Waals surface area contributed by atoms with Crippen molar-refractivity contribution in [2.75, 3.05) is 13.7 Å². The van der Waals surface area contributed by atoms with Gasteiger partial charge in [0.2, 0.25) is 0 Å². The number of methoxy groups -OCH3 is 1. The number of benzene rings is 1. The summed E-state index contributed by atoms with van der Waals surface area (Å²) >= 11 is 0. The highest BCUT2D eigenvalue weighted by Crippen LogP contribution is 2.18. The number of esters is 2. The second-order valence-corrected chi connectivity index (χ2v) is 5.58. The maximum absolute atomic E-state index is 12.2. The Morgan fingerprint density at radius 2 is 1.78 bits per heavy atom. The van der Waals surface area contributed by atoms with E-state index in [1.807, 2.05) is 32.9 Å². The Bertz CT molecular complexity index is 580. The van der Waals surface area contributed by atoms with Crippen LogP contribution in [0.5, 0.6) is 0 Å². The van der Waals surface area contributed by atoms with Crippen molar-refractivity contribution >= 4 is 11.9 Å². The van der Waals surface area contributed by atoms with Gasteiger partial charge >= 0.3 is 11.9 Å². The van der Waals surface area contributed by atoms with Crippen LogP contribution in [-0.2, 0) is 14.3 Å². The van der Waals surface area contributed by atoms with E-state index >= 15 is 0 Å². The predicted molar refractivity (Wildman–Crippen MR) is 87.3 cm³/mol. The lowest BCUT2D eigenvalue weighted by molar-refractivity contribution is -0.137. The molecule has 1 aromatic carbocycles. The van der Waals surface area contributed by atoms with Gasteiger partial charge in [-0.05, 0) is 44.7 Å². The third-order valence-corrected chi connectivity index (χ3v) is 3.59. The average Bonchev–Trinajstić information content (AvgIpc) is 2.48. The largest absolute Gasteiger partial charge is 0.466 e. The smallest absolute Gasteiger partial charge is 0.338 e. The zero-order chi connectivity index (χ0) is 17.6. The molecule has 0 heterocycles. The fourth-order valence-corrected chi connectivity index (χ4v) is 2.46. The van der Waals surface area contributed by atoms with Crippen molar-refractivity contribution in [2.45, 2.75) is 39.7 Å². The average molecular weight is 320 g/mol. The van der Waals surface area contributed by atoms with Crippen LogP contribution in [0.2, 0.25) is 0 Å². The number of carbonyl (C=O) groups excluding carboxylic acids is 2. The third-order valence-electron chi connectivity index (χ3n) is 3.59. The van der Waals surface area contributed by atoms with Gasteiger partial charge < -0.3 is 14.6 Å². The number of aliphatic hydroxyl groups is 1. The number of hydrogen-bond acceptors (Lipinski definition) is 5. The summed E-state index contributed by atoms with van der Waals surface area (Å²) in [6.45, 7) is 9.38. The number of aliphatic hydroxyl groups excluding tert-OH is 1. The molecule has 1 unspecified atom stereocenters. The molecule has 0 spiro atoms. The molecule has 0 aromatic heterocycles. The lowest BCUT2D eigenvalue weighted by Gasteiger charge is -2.13. The number of aryl methyl sites for hydroxylation is 3. The Labute approximate surface area is 136 Å². The monoisotopic (exact) mass is 320 g/mol. The van der Waals surface area contributed by atoms with Crippen LogP contribution < -0.4 is 0 Å². The molecule has 5 heteroatoms. The Morgan fingerprint density at radius 3 is 2.30 bits per heavy atom. The van der Waals surface area contributed by atoms with Crippen molar-refractivity contribution in [1.29, 1.82) is 0 Å². The number of hydrogen-bond donors (Lipinski definition) is 1. The molecule has 1 atom stereocenters. The number of ether oxygens (including phenoxy) is 2. The van der Waals surface area contributed by atoms with E-state index in [2.05, 4.69) is 11.3 Å². The second kappa shape index (κ2) is 8.48. The molecule has 0 bridgehead atoms. The standard InChI is InChI=1S/C18H24O5/c1-11-9-12(2)16(13(3)10-11)18(21)23-8-6-7-15(19)14(4)17(20)22-5/h9-10,15,19H,4,6-8H2,1-3,5H3. The van der Waals surface area contributed by atoms with Crippen LogP contribution in [0.1, 0.15) is 39.9 Å². The van der Waals surface area contributed by atoms with Crippen molar-refractivity contribution in [3.05, 3.63) is 46.5 Å². The molecule has 1 N–H and O–H groups in total. The van der Waals surface area contributed by atoms with Crippen LogP contribution in [0.15, 0.2) is 24.3 Å². The predicted octanol–water partition coefficient (Wildman–Crippen LogP) is 2.64. The Hall–Kier alpha value is -2.14. The lowest BCUT2D eigenvalue weighted by atomic mass is 10.00. The Morgan fingerprint density at radius 1 is 1.22 bits per heavy atom. The molecule has 1 aromatic rings. The highest BCUT2D eigenvalue weighted by Gasteiger charge is 2.18. The van der Waals surface area contributed by atoms with Crippen molar-refractivity contribution < 1.29 is 24.2 Å². The first-order chi connectivity index (χ1) is 10.8. The summed E-state index contributed by atoms with van der Waals surface area (Å²) < 4.78 is 9.74. The summed E-state index contributed by atoms with van der Waals surface area (Å²) in [5.74, 6) is -1.01. The van der Waals surface area contributed by atoms with E-state index in [0.717, 1.165) is 16.7 Å². The minimum atomic E-state index is -0.996. The molecular weight excluding hydrogens is 296 g/mol. The van der Waals surface area contributed by atoms with Gasteiger partial charge in [0.1, 0.15) is 0 Å². The third kappa shape index (κ3) is 5.21. The maximum Gasteiger partial charge on any atom is 0.338 e. The molecule has 0 amide bonds. The van der Waals surface area contributed by atoms with Crippen molar-refractivity contribution in [3.63, 3.8) is 0 Å². The van der Waals surface area contributed by atoms with E-state index in [9.17, 15) is 14.7 Å². The zero-order valence-corrected chi connectivity index (χ0v) is 14.1. The van der Waals surface area contributed by atoms with Gasteiger partial charge in [0, 0.05) is 0 Å². The minimum Gasteiger partial charge on any atom is -0.466 e. The molecule has 0 aliphatic carbocycles. The van der Waals surface area contributed by atoms with Gasteiger partial charge in [0.15, 0.2) is 0 Å². The number of carbonyl (C=O) groups is 2. The van der Waals surface area contributed by atoms with Crippen molar-refractivity contribution in [2.24, 2.45) is 0 Å². The van der Waals surface area contributed by atoms with Crippen LogP contribution >= 0.6 is 0 Å². The summed E-state index contributed by atoms with van der Waals surface area (Å²) in [6, 6.07) is 3.88. The van der Waals surface area contributed by atoms with Crippen molar-refractivity contribution in [1.82, 2.24) is 0 Å². The Kier molecular flexibility index (Phi) is 6.97.